The first kappa shape index (κ1) is 22.7. The highest BCUT2D eigenvalue weighted by atomic mass is 19.1. The Morgan fingerprint density at radius 3 is 2.55 bits per heavy atom. The topological polar surface area (TPSA) is 73.6 Å². The van der Waals surface area contributed by atoms with Crippen LogP contribution in [0.3, 0.4) is 0 Å². The minimum Gasteiger partial charge on any atom is -0.492 e. The Kier molecular flexibility index (Phi) is 6.91. The van der Waals surface area contributed by atoms with Crippen LogP contribution in [0.25, 0.3) is 11.1 Å². The lowest BCUT2D eigenvalue weighted by Crippen LogP contribution is -2.41. The minimum atomic E-state index is -1.21. The molecule has 1 saturated heterocycles. The van der Waals surface area contributed by atoms with Crippen LogP contribution in [0.4, 0.5) is 8.78 Å². The van der Waals surface area contributed by atoms with Gasteiger partial charge < -0.3 is 14.7 Å². The van der Waals surface area contributed by atoms with Gasteiger partial charge in [-0.15, -0.1) is 0 Å². The first-order chi connectivity index (χ1) is 14.7. The largest absolute Gasteiger partial charge is 0.492 e. The van der Waals surface area contributed by atoms with E-state index in [2.05, 4.69) is 11.0 Å². The number of nitrogens with zero attached hydrogens (tertiary/aromatic N) is 2. The molecule has 0 spiro atoms. The fourth-order valence-corrected chi connectivity index (χ4v) is 3.84. The summed E-state index contributed by atoms with van der Waals surface area (Å²) in [5.41, 5.74) is -0.365. The summed E-state index contributed by atoms with van der Waals surface area (Å²) < 4.78 is 34.1. The summed E-state index contributed by atoms with van der Waals surface area (Å²) >= 11 is 0. The summed E-state index contributed by atoms with van der Waals surface area (Å²) in [6.07, 6.45) is 1.80. The molecule has 1 aliphatic heterocycles. The highest BCUT2D eigenvalue weighted by Gasteiger charge is 2.25. The molecule has 5 nitrogen and oxygen atoms in total. The van der Waals surface area contributed by atoms with Gasteiger partial charge in [0.15, 0.2) is 0 Å². The second-order valence-electron chi connectivity index (χ2n) is 8.57. The smallest absolute Gasteiger partial charge is 0.335 e. The molecule has 0 amide bonds. The standard InChI is InChI=1S/C24H26F2N2O3/c1-24(2,26)15-28-9-7-16(8-10-28)14-31-22-6-4-17(11-19(22)13-27)20-5-3-18(23(29)30)12-21(20)25/h3-6,11-12,16H,7-10,14-15H2,1-2H3,(H,29,30). The van der Waals surface area contributed by atoms with Gasteiger partial charge in [0.2, 0.25) is 0 Å². The monoisotopic (exact) mass is 428 g/mol. The molecule has 31 heavy (non-hydrogen) atoms. The Balaban J connectivity index is 1.64. The van der Waals surface area contributed by atoms with Crippen LogP contribution in [-0.4, -0.2) is 47.9 Å². The number of rotatable bonds is 7. The summed E-state index contributed by atoms with van der Waals surface area (Å²) in [5.74, 6) is -1.11. The van der Waals surface area contributed by atoms with Crippen molar-refractivity contribution in [1.29, 1.82) is 5.26 Å². The number of carboxylic acids is 1. The van der Waals surface area contributed by atoms with Crippen LogP contribution in [0, 0.1) is 23.1 Å². The number of likely N-dealkylation sites (tertiary alicyclic amines) is 1. The van der Waals surface area contributed by atoms with E-state index >= 15 is 0 Å². The first-order valence-electron chi connectivity index (χ1n) is 10.3. The molecular weight excluding hydrogens is 402 g/mol. The van der Waals surface area contributed by atoms with Crippen molar-refractivity contribution >= 4 is 5.97 Å². The predicted molar refractivity (Wildman–Crippen MR) is 113 cm³/mol. The lowest BCUT2D eigenvalue weighted by Gasteiger charge is -2.34. The van der Waals surface area contributed by atoms with Crippen molar-refractivity contribution in [1.82, 2.24) is 4.90 Å². The molecule has 0 atom stereocenters. The van der Waals surface area contributed by atoms with Gasteiger partial charge in [-0.3, -0.25) is 0 Å². The van der Waals surface area contributed by atoms with Crippen LogP contribution in [0.15, 0.2) is 36.4 Å². The molecule has 1 heterocycles. The molecule has 0 aliphatic carbocycles. The van der Waals surface area contributed by atoms with Crippen LogP contribution in [-0.2, 0) is 0 Å². The Hall–Kier alpha value is -2.98. The number of nitriles is 1. The molecule has 3 rings (SSSR count). The third-order valence-electron chi connectivity index (χ3n) is 5.41. The van der Waals surface area contributed by atoms with Crippen LogP contribution in [0.1, 0.15) is 42.6 Å². The maximum absolute atomic E-state index is 14.4. The molecule has 2 aromatic carbocycles. The Morgan fingerprint density at radius 1 is 1.26 bits per heavy atom. The third-order valence-corrected chi connectivity index (χ3v) is 5.41. The molecule has 0 saturated carbocycles. The second-order valence-corrected chi connectivity index (χ2v) is 8.57. The van der Waals surface area contributed by atoms with Crippen LogP contribution < -0.4 is 4.74 Å². The van der Waals surface area contributed by atoms with Gasteiger partial charge in [-0.1, -0.05) is 12.1 Å². The zero-order valence-electron chi connectivity index (χ0n) is 17.7. The highest BCUT2D eigenvalue weighted by Crippen LogP contribution is 2.30. The van der Waals surface area contributed by atoms with Crippen molar-refractivity contribution < 1.29 is 23.4 Å². The van der Waals surface area contributed by atoms with Crippen molar-refractivity contribution in [2.24, 2.45) is 5.92 Å². The molecule has 2 aromatic rings. The summed E-state index contributed by atoms with van der Waals surface area (Å²) in [4.78, 5) is 13.1. The number of halogens is 2. The lowest BCUT2D eigenvalue weighted by molar-refractivity contribution is 0.0696. The van der Waals surface area contributed by atoms with Gasteiger partial charge >= 0.3 is 5.97 Å². The van der Waals surface area contributed by atoms with E-state index in [0.29, 0.717) is 30.4 Å². The van der Waals surface area contributed by atoms with Crippen molar-refractivity contribution in [2.45, 2.75) is 32.4 Å². The van der Waals surface area contributed by atoms with E-state index in [9.17, 15) is 18.8 Å². The van der Waals surface area contributed by atoms with E-state index in [1.807, 2.05) is 0 Å². The summed E-state index contributed by atoms with van der Waals surface area (Å²) in [5, 5.41) is 18.5. The van der Waals surface area contributed by atoms with Gasteiger partial charge in [0.25, 0.3) is 0 Å². The number of ether oxygens (including phenoxy) is 1. The fraction of sp³-hybridized carbons (Fsp3) is 0.417. The van der Waals surface area contributed by atoms with Gasteiger partial charge in [-0.25, -0.2) is 13.6 Å². The van der Waals surface area contributed by atoms with Crippen LogP contribution in [0.2, 0.25) is 0 Å². The third kappa shape index (κ3) is 6.02. The molecular formula is C24H26F2N2O3. The highest BCUT2D eigenvalue weighted by molar-refractivity contribution is 5.88. The number of aromatic carboxylic acids is 1. The molecule has 0 bridgehead atoms. The predicted octanol–water partition coefficient (Wildman–Crippen LogP) is 4.90. The SMILES string of the molecule is CC(C)(F)CN1CCC(COc2ccc(-c3ccc(C(=O)O)cc3F)cc2C#N)CC1. The Labute approximate surface area is 180 Å². The van der Waals surface area contributed by atoms with E-state index < -0.39 is 17.5 Å². The average Bonchev–Trinajstić information content (AvgIpc) is 2.72. The summed E-state index contributed by atoms with van der Waals surface area (Å²) in [6.45, 7) is 5.69. The van der Waals surface area contributed by atoms with Crippen molar-refractivity contribution in [3.05, 3.63) is 53.3 Å². The maximum atomic E-state index is 14.4. The first-order valence-corrected chi connectivity index (χ1v) is 10.3. The van der Waals surface area contributed by atoms with Crippen molar-refractivity contribution in [3.63, 3.8) is 0 Å². The zero-order valence-corrected chi connectivity index (χ0v) is 17.7. The molecule has 0 aromatic heterocycles. The summed E-state index contributed by atoms with van der Waals surface area (Å²) in [6, 6.07) is 10.6. The van der Waals surface area contributed by atoms with Crippen molar-refractivity contribution in [2.75, 3.05) is 26.2 Å². The van der Waals surface area contributed by atoms with Gasteiger partial charge in [0.05, 0.1) is 17.7 Å². The molecule has 0 unspecified atom stereocenters. The second kappa shape index (κ2) is 9.44. The van der Waals surface area contributed by atoms with E-state index in [-0.39, 0.29) is 16.7 Å². The Morgan fingerprint density at radius 2 is 1.97 bits per heavy atom. The number of piperidine rings is 1. The number of hydrogen-bond donors (Lipinski definition) is 1. The zero-order chi connectivity index (χ0) is 22.6. The van der Waals surface area contributed by atoms with E-state index in [4.69, 9.17) is 9.84 Å². The molecule has 1 aliphatic rings. The van der Waals surface area contributed by atoms with Crippen molar-refractivity contribution in [3.8, 4) is 22.9 Å². The number of carboxylic acid groups (broad SMARTS) is 1. The number of alkyl halides is 1. The molecule has 7 heteroatoms. The normalized spacial score (nSPS) is 15.5. The average molecular weight is 428 g/mol. The summed E-state index contributed by atoms with van der Waals surface area (Å²) in [7, 11) is 0. The number of benzene rings is 2. The fourth-order valence-electron chi connectivity index (χ4n) is 3.84. The van der Waals surface area contributed by atoms with Crippen LogP contribution >= 0.6 is 0 Å². The van der Waals surface area contributed by atoms with Gasteiger partial charge in [0.1, 0.15) is 23.3 Å². The van der Waals surface area contributed by atoms with E-state index in [1.165, 1.54) is 12.1 Å². The number of hydrogen-bond acceptors (Lipinski definition) is 4. The minimum absolute atomic E-state index is 0.136. The van der Waals surface area contributed by atoms with E-state index in [1.54, 1.807) is 32.0 Å². The molecule has 0 radical (unpaired) electrons. The van der Waals surface area contributed by atoms with E-state index in [0.717, 1.165) is 32.0 Å². The number of carbonyl (C=O) groups is 1. The van der Waals surface area contributed by atoms with Gasteiger partial charge in [0, 0.05) is 12.1 Å². The van der Waals surface area contributed by atoms with Gasteiger partial charge in [-0.2, -0.15) is 5.26 Å². The maximum Gasteiger partial charge on any atom is 0.335 e. The Bertz CT molecular complexity index is 987. The molecule has 164 valence electrons. The molecule has 1 N–H and O–H groups in total. The van der Waals surface area contributed by atoms with Crippen LogP contribution in [0.5, 0.6) is 5.75 Å². The quantitative estimate of drug-likeness (QED) is 0.679. The molecule has 1 fully saturated rings. The van der Waals surface area contributed by atoms with Gasteiger partial charge in [-0.05, 0) is 75.5 Å². The lowest BCUT2D eigenvalue weighted by atomic mass is 9.96.